The number of morpholine rings is 1. The van der Waals surface area contributed by atoms with Crippen LogP contribution in [-0.4, -0.2) is 66.0 Å². The highest BCUT2D eigenvalue weighted by Gasteiger charge is 2.27. The van der Waals surface area contributed by atoms with Gasteiger partial charge in [0.05, 0.1) is 37.1 Å². The van der Waals surface area contributed by atoms with Crippen LogP contribution in [0.5, 0.6) is 0 Å². The number of anilines is 1. The van der Waals surface area contributed by atoms with Crippen molar-refractivity contribution in [3.05, 3.63) is 64.3 Å². The molecule has 4 aromatic rings. The van der Waals surface area contributed by atoms with Gasteiger partial charge in [-0.25, -0.2) is 23.7 Å². The van der Waals surface area contributed by atoms with Gasteiger partial charge in [-0.1, -0.05) is 30.3 Å². The molecule has 1 atom stereocenters. The SMILES string of the molecule is Cc1cc(-c2c(-c3ccccc3)nc(N)n3c(=O)n(C[C@@H]4CN(C(=O)O)CCO4)nc23)cc(C)n1. The molecule has 5 rings (SSSR count). The van der Waals surface area contributed by atoms with Gasteiger partial charge in [0.25, 0.3) is 0 Å². The fraction of sp³-hybridized carbons (Fsp3) is 0.292. The Labute approximate surface area is 200 Å². The van der Waals surface area contributed by atoms with Crippen LogP contribution in [0.15, 0.2) is 47.3 Å². The third kappa shape index (κ3) is 4.21. The van der Waals surface area contributed by atoms with Crippen LogP contribution in [0.25, 0.3) is 28.0 Å². The van der Waals surface area contributed by atoms with Gasteiger partial charge in [-0.15, -0.1) is 5.10 Å². The predicted molar refractivity (Wildman–Crippen MR) is 129 cm³/mol. The van der Waals surface area contributed by atoms with Gasteiger partial charge in [-0.2, -0.15) is 0 Å². The van der Waals surface area contributed by atoms with Crippen molar-refractivity contribution >= 4 is 17.7 Å². The lowest BCUT2D eigenvalue weighted by Gasteiger charge is -2.30. The number of rotatable bonds is 4. The van der Waals surface area contributed by atoms with Crippen LogP contribution in [0.2, 0.25) is 0 Å². The lowest BCUT2D eigenvalue weighted by atomic mass is 9.99. The summed E-state index contributed by atoms with van der Waals surface area (Å²) in [6.45, 7) is 4.57. The maximum absolute atomic E-state index is 13.3. The first-order chi connectivity index (χ1) is 16.8. The molecule has 4 heterocycles. The first-order valence-electron chi connectivity index (χ1n) is 11.2. The fourth-order valence-electron chi connectivity index (χ4n) is 4.47. The average Bonchev–Trinajstić information content (AvgIpc) is 3.15. The number of nitrogens with two attached hydrogens (primary N) is 1. The average molecular weight is 476 g/mol. The van der Waals surface area contributed by atoms with Crippen molar-refractivity contribution in [3.8, 4) is 22.4 Å². The third-order valence-electron chi connectivity index (χ3n) is 5.96. The molecule has 0 saturated carbocycles. The summed E-state index contributed by atoms with van der Waals surface area (Å²) in [6, 6.07) is 13.4. The number of carboxylic acid groups (broad SMARTS) is 1. The minimum atomic E-state index is -1.02. The molecule has 3 N–H and O–H groups in total. The third-order valence-corrected chi connectivity index (χ3v) is 5.96. The minimum absolute atomic E-state index is 0.0121. The van der Waals surface area contributed by atoms with Gasteiger partial charge in [0.2, 0.25) is 5.95 Å². The van der Waals surface area contributed by atoms with E-state index >= 15 is 0 Å². The van der Waals surface area contributed by atoms with Crippen molar-refractivity contribution < 1.29 is 14.6 Å². The van der Waals surface area contributed by atoms with Gasteiger partial charge < -0.3 is 20.5 Å². The number of benzene rings is 1. The van der Waals surface area contributed by atoms with Gasteiger partial charge in [0.1, 0.15) is 0 Å². The summed E-state index contributed by atoms with van der Waals surface area (Å²) in [4.78, 5) is 35.1. The Balaban J connectivity index is 1.70. The molecule has 1 amide bonds. The zero-order chi connectivity index (χ0) is 24.7. The quantitative estimate of drug-likeness (QED) is 0.458. The number of carbonyl (C=O) groups is 1. The summed E-state index contributed by atoms with van der Waals surface area (Å²) in [6.07, 6.45) is -1.54. The summed E-state index contributed by atoms with van der Waals surface area (Å²) < 4.78 is 8.26. The Morgan fingerprint density at radius 2 is 1.86 bits per heavy atom. The Morgan fingerprint density at radius 1 is 1.14 bits per heavy atom. The van der Waals surface area contributed by atoms with Gasteiger partial charge in [-0.05, 0) is 31.5 Å². The van der Waals surface area contributed by atoms with Crippen LogP contribution in [0.1, 0.15) is 11.4 Å². The summed E-state index contributed by atoms with van der Waals surface area (Å²) in [7, 11) is 0. The highest BCUT2D eigenvalue weighted by molar-refractivity contribution is 5.90. The number of nitrogens with zero attached hydrogens (tertiary/aromatic N) is 6. The summed E-state index contributed by atoms with van der Waals surface area (Å²) in [5.74, 6) is 0.0121. The summed E-state index contributed by atoms with van der Waals surface area (Å²) in [5.41, 5.74) is 10.7. The lowest BCUT2D eigenvalue weighted by molar-refractivity contribution is -0.0311. The van der Waals surface area contributed by atoms with Crippen molar-refractivity contribution in [2.75, 3.05) is 25.4 Å². The number of nitrogen functional groups attached to an aromatic ring is 1. The van der Waals surface area contributed by atoms with E-state index < -0.39 is 17.9 Å². The number of hydrogen-bond donors (Lipinski definition) is 2. The van der Waals surface area contributed by atoms with Crippen molar-refractivity contribution in [3.63, 3.8) is 0 Å². The van der Waals surface area contributed by atoms with Gasteiger partial charge >= 0.3 is 11.8 Å². The lowest BCUT2D eigenvalue weighted by Crippen LogP contribution is -2.47. The molecule has 0 bridgehead atoms. The van der Waals surface area contributed by atoms with Crippen molar-refractivity contribution in [1.82, 2.24) is 29.0 Å². The molecule has 180 valence electrons. The molecule has 1 fully saturated rings. The van der Waals surface area contributed by atoms with Crippen LogP contribution >= 0.6 is 0 Å². The summed E-state index contributed by atoms with van der Waals surface area (Å²) in [5, 5.41) is 14.0. The first kappa shape index (κ1) is 22.5. The zero-order valence-electron chi connectivity index (χ0n) is 19.4. The van der Waals surface area contributed by atoms with E-state index in [0.717, 1.165) is 22.5 Å². The monoisotopic (exact) mass is 475 g/mol. The standard InChI is InChI=1S/C24H25N7O4/c1-14-10-17(11-15(2)26-14)19-20(16-6-4-3-5-7-16)27-22(25)31-21(19)28-30(23(31)32)13-18-12-29(24(33)34)8-9-35-18/h3-7,10-11,18H,8-9,12-13H2,1-2H3,(H2,25,27)(H,33,34)/t18-/m0/s1. The van der Waals surface area contributed by atoms with E-state index in [9.17, 15) is 14.7 Å². The van der Waals surface area contributed by atoms with E-state index in [0.29, 0.717) is 16.9 Å². The van der Waals surface area contributed by atoms with E-state index in [1.165, 1.54) is 14.0 Å². The predicted octanol–water partition coefficient (Wildman–Crippen LogP) is 2.20. The van der Waals surface area contributed by atoms with Crippen molar-refractivity contribution in [1.29, 1.82) is 0 Å². The molecule has 1 saturated heterocycles. The van der Waals surface area contributed by atoms with E-state index in [1.807, 2.05) is 56.3 Å². The second-order valence-electron chi connectivity index (χ2n) is 8.54. The molecule has 1 aromatic carbocycles. The van der Waals surface area contributed by atoms with E-state index in [-0.39, 0.29) is 32.2 Å². The molecule has 1 aliphatic heterocycles. The van der Waals surface area contributed by atoms with Gasteiger partial charge in [0, 0.05) is 23.5 Å². The van der Waals surface area contributed by atoms with Crippen LogP contribution in [0.3, 0.4) is 0 Å². The zero-order valence-corrected chi connectivity index (χ0v) is 19.4. The molecular formula is C24H25N7O4. The number of hydrogen-bond acceptors (Lipinski definition) is 7. The molecule has 3 aromatic heterocycles. The number of ether oxygens (including phenoxy) is 1. The van der Waals surface area contributed by atoms with E-state index in [1.54, 1.807) is 0 Å². The molecule has 35 heavy (non-hydrogen) atoms. The topological polar surface area (TPSA) is 141 Å². The minimum Gasteiger partial charge on any atom is -0.465 e. The molecular weight excluding hydrogens is 450 g/mol. The molecule has 0 unspecified atom stereocenters. The Hall–Kier alpha value is -4.25. The van der Waals surface area contributed by atoms with E-state index in [2.05, 4.69) is 15.1 Å². The number of aromatic nitrogens is 5. The number of amides is 1. The normalized spacial score (nSPS) is 16.1. The van der Waals surface area contributed by atoms with Crippen LogP contribution in [-0.2, 0) is 11.3 Å². The summed E-state index contributed by atoms with van der Waals surface area (Å²) >= 11 is 0. The molecule has 0 aliphatic carbocycles. The molecule has 11 heteroatoms. The molecule has 0 radical (unpaired) electrons. The Bertz CT molecular complexity index is 1460. The van der Waals surface area contributed by atoms with Crippen LogP contribution < -0.4 is 11.4 Å². The van der Waals surface area contributed by atoms with Crippen LogP contribution in [0.4, 0.5) is 10.7 Å². The maximum atomic E-state index is 13.3. The maximum Gasteiger partial charge on any atom is 0.407 e. The fourth-order valence-corrected chi connectivity index (χ4v) is 4.47. The highest BCUT2D eigenvalue weighted by atomic mass is 16.5. The van der Waals surface area contributed by atoms with Gasteiger partial charge in [0.15, 0.2) is 5.65 Å². The van der Waals surface area contributed by atoms with Crippen molar-refractivity contribution in [2.24, 2.45) is 0 Å². The Morgan fingerprint density at radius 3 is 2.54 bits per heavy atom. The van der Waals surface area contributed by atoms with E-state index in [4.69, 9.17) is 10.5 Å². The van der Waals surface area contributed by atoms with Gasteiger partial charge in [-0.3, -0.25) is 4.98 Å². The van der Waals surface area contributed by atoms with Crippen LogP contribution in [0, 0.1) is 13.8 Å². The molecule has 1 aliphatic rings. The smallest absolute Gasteiger partial charge is 0.407 e. The van der Waals surface area contributed by atoms with Crippen molar-refractivity contribution in [2.45, 2.75) is 26.5 Å². The largest absolute Gasteiger partial charge is 0.465 e. The molecule has 0 spiro atoms. The highest BCUT2D eigenvalue weighted by Crippen LogP contribution is 2.34. The molecule has 11 nitrogen and oxygen atoms in total. The Kier molecular flexibility index (Phi) is 5.69. The second kappa shape index (κ2) is 8.84. The first-order valence-corrected chi connectivity index (χ1v) is 11.2. The number of aryl methyl sites for hydroxylation is 2. The number of fused-ring (bicyclic) bond motifs is 1. The second-order valence-corrected chi connectivity index (χ2v) is 8.54. The number of pyridine rings is 1.